The number of amides is 1. The van der Waals surface area contributed by atoms with Gasteiger partial charge in [0.1, 0.15) is 0 Å². The number of carbonyl (C=O) groups excluding carboxylic acids is 1. The number of halogens is 1. The number of thioether (sulfide) groups is 1. The van der Waals surface area contributed by atoms with E-state index in [1.807, 2.05) is 31.2 Å². The van der Waals surface area contributed by atoms with Crippen LogP contribution in [0.1, 0.15) is 37.7 Å². The number of alkyl halides is 1. The summed E-state index contributed by atoms with van der Waals surface area (Å²) < 4.78 is 15.1. The third-order valence-corrected chi connectivity index (χ3v) is 5.45. The van der Waals surface area contributed by atoms with Gasteiger partial charge in [-0.3, -0.25) is 4.79 Å². The second kappa shape index (κ2) is 5.79. The number of carbonyl (C=O) groups is 1. The fourth-order valence-corrected chi connectivity index (χ4v) is 4.10. The van der Waals surface area contributed by atoms with Crippen molar-refractivity contribution in [2.45, 2.75) is 44.0 Å². The third kappa shape index (κ3) is 2.84. The summed E-state index contributed by atoms with van der Waals surface area (Å²) in [5, 5.41) is 1.15. The summed E-state index contributed by atoms with van der Waals surface area (Å²) in [6.45, 7) is 1.95. The van der Waals surface area contributed by atoms with E-state index in [1.54, 1.807) is 0 Å². The molecule has 1 aliphatic carbocycles. The summed E-state index contributed by atoms with van der Waals surface area (Å²) in [5.74, 6) is -0.729. The maximum Gasteiger partial charge on any atom is 0.274 e. The predicted molar refractivity (Wildman–Crippen MR) is 84.4 cm³/mol. The highest BCUT2D eigenvalue weighted by Crippen LogP contribution is 2.46. The van der Waals surface area contributed by atoms with E-state index in [1.165, 1.54) is 0 Å². The Kier molecular flexibility index (Phi) is 4.02. The second-order valence-corrected chi connectivity index (χ2v) is 6.92. The van der Waals surface area contributed by atoms with Gasteiger partial charge in [0, 0.05) is 5.92 Å². The molecule has 1 saturated carbocycles. The SMILES string of the molecule is Cc1ccccc1N=C1NC(=O)C(F)(C2CCCCC2)S1. The molecule has 112 valence electrons. The number of nitrogens with zero attached hydrogens (tertiary/aromatic N) is 1. The minimum absolute atomic E-state index is 0.194. The highest BCUT2D eigenvalue weighted by Gasteiger charge is 2.53. The van der Waals surface area contributed by atoms with Crippen LogP contribution in [0.3, 0.4) is 0 Å². The lowest BCUT2D eigenvalue weighted by atomic mass is 9.85. The van der Waals surface area contributed by atoms with E-state index >= 15 is 4.39 Å². The molecule has 1 unspecified atom stereocenters. The van der Waals surface area contributed by atoms with Gasteiger partial charge < -0.3 is 5.32 Å². The van der Waals surface area contributed by atoms with Gasteiger partial charge in [-0.05, 0) is 43.2 Å². The number of hydrogen-bond donors (Lipinski definition) is 1. The topological polar surface area (TPSA) is 41.5 Å². The maximum absolute atomic E-state index is 15.1. The second-order valence-electron chi connectivity index (χ2n) is 5.74. The van der Waals surface area contributed by atoms with Gasteiger partial charge in [0.25, 0.3) is 5.91 Å². The van der Waals surface area contributed by atoms with Gasteiger partial charge in [-0.1, -0.05) is 37.5 Å². The molecule has 1 atom stereocenters. The van der Waals surface area contributed by atoms with Gasteiger partial charge in [-0.25, -0.2) is 9.38 Å². The number of amidine groups is 1. The van der Waals surface area contributed by atoms with Crippen molar-refractivity contribution in [1.82, 2.24) is 5.32 Å². The molecule has 1 heterocycles. The lowest BCUT2D eigenvalue weighted by molar-refractivity contribution is -0.128. The fraction of sp³-hybridized carbons (Fsp3) is 0.500. The van der Waals surface area contributed by atoms with E-state index in [0.717, 1.165) is 55.1 Å². The molecule has 0 bridgehead atoms. The third-order valence-electron chi connectivity index (χ3n) is 4.24. The van der Waals surface area contributed by atoms with Gasteiger partial charge >= 0.3 is 0 Å². The van der Waals surface area contributed by atoms with E-state index < -0.39 is 10.9 Å². The van der Waals surface area contributed by atoms with Crippen molar-refractivity contribution in [3.63, 3.8) is 0 Å². The Hall–Kier alpha value is -1.36. The molecule has 3 rings (SSSR count). The summed E-state index contributed by atoms with van der Waals surface area (Å²) in [4.78, 5) is 16.5. The summed E-state index contributed by atoms with van der Waals surface area (Å²) in [6.07, 6.45) is 4.73. The Balaban J connectivity index is 1.82. The van der Waals surface area contributed by atoms with Crippen molar-refractivity contribution in [1.29, 1.82) is 0 Å². The number of para-hydroxylation sites is 1. The van der Waals surface area contributed by atoms with Crippen LogP contribution in [0.5, 0.6) is 0 Å². The number of rotatable bonds is 2. The summed E-state index contributed by atoms with van der Waals surface area (Å²) >= 11 is 0.954. The first-order chi connectivity index (χ1) is 10.1. The molecule has 2 aliphatic rings. The van der Waals surface area contributed by atoms with Crippen LogP contribution in [0.25, 0.3) is 0 Å². The number of nitrogens with one attached hydrogen (secondary N) is 1. The van der Waals surface area contributed by atoms with E-state index in [-0.39, 0.29) is 5.92 Å². The van der Waals surface area contributed by atoms with Crippen molar-refractivity contribution >= 4 is 28.5 Å². The van der Waals surface area contributed by atoms with Crippen molar-refractivity contribution in [3.05, 3.63) is 29.8 Å². The molecule has 21 heavy (non-hydrogen) atoms. The van der Waals surface area contributed by atoms with Gasteiger partial charge in [-0.15, -0.1) is 0 Å². The minimum atomic E-state index is -1.85. The highest BCUT2D eigenvalue weighted by molar-refractivity contribution is 8.16. The molecule has 3 nitrogen and oxygen atoms in total. The Morgan fingerprint density at radius 2 is 2.00 bits per heavy atom. The summed E-state index contributed by atoms with van der Waals surface area (Å²) in [7, 11) is 0. The van der Waals surface area contributed by atoms with Crippen LogP contribution in [-0.4, -0.2) is 16.1 Å². The van der Waals surface area contributed by atoms with Crippen LogP contribution in [-0.2, 0) is 4.79 Å². The van der Waals surface area contributed by atoms with Gasteiger partial charge in [0.2, 0.25) is 5.00 Å². The molecule has 0 spiro atoms. The number of aryl methyl sites for hydroxylation is 1. The van der Waals surface area contributed by atoms with E-state index in [4.69, 9.17) is 0 Å². The molecule has 1 aromatic rings. The van der Waals surface area contributed by atoms with Crippen molar-refractivity contribution in [3.8, 4) is 0 Å². The first kappa shape index (κ1) is 14.6. The molecule has 1 aliphatic heterocycles. The zero-order valence-electron chi connectivity index (χ0n) is 12.1. The van der Waals surface area contributed by atoms with Gasteiger partial charge in [0.15, 0.2) is 5.17 Å². The molecule has 1 aromatic carbocycles. The molecule has 2 fully saturated rings. The van der Waals surface area contributed by atoms with Gasteiger partial charge in [-0.2, -0.15) is 0 Å². The van der Waals surface area contributed by atoms with Crippen molar-refractivity contribution < 1.29 is 9.18 Å². The first-order valence-electron chi connectivity index (χ1n) is 7.43. The zero-order chi connectivity index (χ0) is 14.9. The predicted octanol–water partition coefficient (Wildman–Crippen LogP) is 4.09. The maximum atomic E-state index is 15.1. The van der Waals surface area contributed by atoms with Crippen LogP contribution in [0.15, 0.2) is 29.3 Å². The van der Waals surface area contributed by atoms with E-state index in [2.05, 4.69) is 10.3 Å². The standard InChI is InChI=1S/C16H19FN2OS/c1-11-7-5-6-10-13(11)18-15-19-14(20)16(17,21-15)12-8-3-2-4-9-12/h5-7,10,12H,2-4,8-9H2,1H3,(H,18,19,20). The van der Waals surface area contributed by atoms with Crippen LogP contribution in [0.2, 0.25) is 0 Å². The molecular formula is C16H19FN2OS. The van der Waals surface area contributed by atoms with Crippen molar-refractivity contribution in [2.75, 3.05) is 0 Å². The number of hydrogen-bond acceptors (Lipinski definition) is 3. The highest BCUT2D eigenvalue weighted by atomic mass is 32.2. The fourth-order valence-electron chi connectivity index (χ4n) is 2.99. The molecule has 1 N–H and O–H groups in total. The van der Waals surface area contributed by atoms with Crippen molar-refractivity contribution in [2.24, 2.45) is 10.9 Å². The molecule has 0 radical (unpaired) electrons. The Morgan fingerprint density at radius 3 is 2.71 bits per heavy atom. The molecule has 1 saturated heterocycles. The van der Waals surface area contributed by atoms with Crippen LogP contribution < -0.4 is 5.32 Å². The quantitative estimate of drug-likeness (QED) is 0.894. The zero-order valence-corrected chi connectivity index (χ0v) is 12.9. The number of benzene rings is 1. The lowest BCUT2D eigenvalue weighted by Crippen LogP contribution is -2.40. The molecular weight excluding hydrogens is 287 g/mol. The van der Waals surface area contributed by atoms with E-state index in [0.29, 0.717) is 5.17 Å². The summed E-state index contributed by atoms with van der Waals surface area (Å²) in [6, 6.07) is 7.64. The smallest absolute Gasteiger partial charge is 0.274 e. The van der Waals surface area contributed by atoms with Crippen LogP contribution >= 0.6 is 11.8 Å². The van der Waals surface area contributed by atoms with Gasteiger partial charge in [0.05, 0.1) is 5.69 Å². The Labute approximate surface area is 128 Å². The Morgan fingerprint density at radius 1 is 1.29 bits per heavy atom. The molecule has 5 heteroatoms. The lowest BCUT2D eigenvalue weighted by Gasteiger charge is -2.29. The molecule has 0 aromatic heterocycles. The summed E-state index contributed by atoms with van der Waals surface area (Å²) in [5.41, 5.74) is 1.78. The van der Waals surface area contributed by atoms with Crippen LogP contribution in [0, 0.1) is 12.8 Å². The monoisotopic (exact) mass is 306 g/mol. The Bertz CT molecular complexity index is 583. The number of aliphatic imine (C=N–C) groups is 1. The normalized spacial score (nSPS) is 28.9. The molecule has 1 amide bonds. The van der Waals surface area contributed by atoms with E-state index in [9.17, 15) is 4.79 Å². The first-order valence-corrected chi connectivity index (χ1v) is 8.25. The average molecular weight is 306 g/mol. The minimum Gasteiger partial charge on any atom is -0.301 e. The van der Waals surface area contributed by atoms with Crippen LogP contribution in [0.4, 0.5) is 10.1 Å². The largest absolute Gasteiger partial charge is 0.301 e. The average Bonchev–Trinajstić information content (AvgIpc) is 2.78.